The maximum atomic E-state index is 15.8. The first kappa shape index (κ1) is 31.7. The van der Waals surface area contributed by atoms with Crippen molar-refractivity contribution in [3.8, 4) is 5.75 Å². The first-order valence-corrected chi connectivity index (χ1v) is 15.7. The van der Waals surface area contributed by atoms with Gasteiger partial charge in [-0.2, -0.15) is 8.78 Å². The van der Waals surface area contributed by atoms with Crippen LogP contribution in [0.15, 0.2) is 40.3 Å². The zero-order valence-electron chi connectivity index (χ0n) is 22.6. The van der Waals surface area contributed by atoms with Crippen LogP contribution in [0.25, 0.3) is 0 Å². The summed E-state index contributed by atoms with van der Waals surface area (Å²) in [6.07, 6.45) is -2.54. The van der Waals surface area contributed by atoms with Gasteiger partial charge in [0.1, 0.15) is 27.8 Å². The molecule has 1 atom stereocenters. The van der Waals surface area contributed by atoms with Crippen molar-refractivity contribution >= 4 is 39.1 Å². The molecule has 2 aromatic rings. The van der Waals surface area contributed by atoms with Gasteiger partial charge in [0.15, 0.2) is 11.6 Å². The van der Waals surface area contributed by atoms with E-state index in [9.17, 15) is 40.3 Å². The number of anilines is 2. The van der Waals surface area contributed by atoms with Crippen LogP contribution in [0.5, 0.6) is 5.75 Å². The average molecular weight is 657 g/mol. The minimum atomic E-state index is -5.64. The second kappa shape index (κ2) is 10.7. The number of carboxylic acids is 1. The molecule has 2 aliphatic carbocycles. The van der Waals surface area contributed by atoms with Gasteiger partial charge in [-0.1, -0.05) is 11.8 Å². The molecule has 16 heteroatoms. The van der Waals surface area contributed by atoms with Crippen molar-refractivity contribution < 1.29 is 53.8 Å². The van der Waals surface area contributed by atoms with E-state index in [4.69, 9.17) is 4.74 Å². The zero-order valence-corrected chi connectivity index (χ0v) is 24.3. The third-order valence-electron chi connectivity index (χ3n) is 7.89. The summed E-state index contributed by atoms with van der Waals surface area (Å²) < 4.78 is 133. The number of nitrogens with zero attached hydrogens (tertiary/aromatic N) is 2. The fourth-order valence-corrected chi connectivity index (χ4v) is 7.91. The Hall–Kier alpha value is -2.75. The quantitative estimate of drug-likeness (QED) is 0.276. The Morgan fingerprint density at radius 2 is 1.79 bits per heavy atom. The molecule has 1 aromatic carbocycles. The summed E-state index contributed by atoms with van der Waals surface area (Å²) >= 11 is 0.801. The van der Waals surface area contributed by atoms with E-state index in [0.717, 1.165) is 34.9 Å². The molecule has 0 spiro atoms. The van der Waals surface area contributed by atoms with E-state index in [0.29, 0.717) is 6.92 Å². The van der Waals surface area contributed by atoms with Crippen molar-refractivity contribution in [2.45, 2.75) is 77.7 Å². The Morgan fingerprint density at radius 3 is 2.33 bits per heavy atom. The highest BCUT2D eigenvalue weighted by atomic mass is 32.2. The molecule has 0 bridgehead atoms. The largest absolute Gasteiger partial charge is 0.490 e. The average Bonchev–Trinajstić information content (AvgIpc) is 3.68. The molecule has 0 radical (unpaired) electrons. The van der Waals surface area contributed by atoms with E-state index >= 15 is 8.78 Å². The van der Waals surface area contributed by atoms with Gasteiger partial charge in [0.05, 0.1) is 5.92 Å². The first-order valence-electron chi connectivity index (χ1n) is 13.3. The molecule has 2 heterocycles. The molecule has 1 aromatic heterocycles. The number of halogens is 7. The van der Waals surface area contributed by atoms with E-state index in [1.807, 2.05) is 0 Å². The summed E-state index contributed by atoms with van der Waals surface area (Å²) in [5, 5.41) is 4.14. The SMILES string of the molecule is CC(F)(F)CC[C@H]1CN(c2ccc(F)cc2)c2nc(SC3CC(F)(F)C3)c(OCC3(C(=O)O)CC3)cc2S(=O)(=O)C1(F)F. The molecule has 1 N–H and O–H groups in total. The highest BCUT2D eigenvalue weighted by molar-refractivity contribution is 8.00. The molecule has 43 heavy (non-hydrogen) atoms. The number of hydrogen-bond donors (Lipinski definition) is 1. The number of hydrogen-bond acceptors (Lipinski definition) is 7. The summed E-state index contributed by atoms with van der Waals surface area (Å²) in [7, 11) is -5.64. The second-order valence-electron chi connectivity index (χ2n) is 11.4. The second-order valence-corrected chi connectivity index (χ2v) is 14.7. The first-order chi connectivity index (χ1) is 19.8. The Balaban J connectivity index is 1.65. The van der Waals surface area contributed by atoms with Gasteiger partial charge in [0.2, 0.25) is 21.7 Å². The van der Waals surface area contributed by atoms with E-state index in [2.05, 4.69) is 4.98 Å². The molecule has 0 unspecified atom stereocenters. The fraction of sp³-hybridized carbons (Fsp3) is 0.556. The van der Waals surface area contributed by atoms with E-state index in [-0.39, 0.29) is 29.3 Å². The van der Waals surface area contributed by atoms with Gasteiger partial charge in [-0.3, -0.25) is 4.79 Å². The van der Waals surface area contributed by atoms with E-state index in [1.165, 1.54) is 12.1 Å². The molecule has 5 rings (SSSR count). The molecule has 0 saturated heterocycles. The topological polar surface area (TPSA) is 96.8 Å². The normalized spacial score (nSPS) is 23.5. The number of thioether (sulfide) groups is 1. The third-order valence-corrected chi connectivity index (χ3v) is 11.0. The van der Waals surface area contributed by atoms with E-state index in [1.54, 1.807) is 0 Å². The Bertz CT molecular complexity index is 1500. The molecular weight excluding hydrogens is 629 g/mol. The number of carboxylic acid groups (broad SMARTS) is 1. The van der Waals surface area contributed by atoms with Crippen LogP contribution in [0, 0.1) is 17.2 Å². The predicted molar refractivity (Wildman–Crippen MR) is 142 cm³/mol. The molecule has 1 aliphatic heterocycles. The molecule has 2 saturated carbocycles. The lowest BCUT2D eigenvalue weighted by Crippen LogP contribution is -2.40. The van der Waals surface area contributed by atoms with Gasteiger partial charge < -0.3 is 14.7 Å². The van der Waals surface area contributed by atoms with Crippen LogP contribution in [-0.4, -0.2) is 60.0 Å². The lowest BCUT2D eigenvalue weighted by atomic mass is 9.94. The van der Waals surface area contributed by atoms with Crippen molar-refractivity contribution in [2.75, 3.05) is 18.1 Å². The molecule has 3 aliphatic rings. The highest BCUT2D eigenvalue weighted by Crippen LogP contribution is 2.53. The summed E-state index contributed by atoms with van der Waals surface area (Å²) in [5.41, 5.74) is -1.25. The van der Waals surface area contributed by atoms with E-state index < -0.39 is 105 Å². The summed E-state index contributed by atoms with van der Waals surface area (Å²) in [5.74, 6) is -11.3. The fourth-order valence-electron chi connectivity index (χ4n) is 4.98. The van der Waals surface area contributed by atoms with Gasteiger partial charge in [0.25, 0.3) is 0 Å². The Kier molecular flexibility index (Phi) is 7.88. The molecule has 2 fully saturated rings. The van der Waals surface area contributed by atoms with Gasteiger partial charge in [-0.05, 0) is 50.5 Å². The molecular formula is C27H27F7N2O5S2. The number of alkyl halides is 6. The predicted octanol–water partition coefficient (Wildman–Crippen LogP) is 6.92. The number of carbonyl (C=O) groups is 1. The number of pyridine rings is 1. The highest BCUT2D eigenvalue weighted by Gasteiger charge is 2.58. The lowest BCUT2D eigenvalue weighted by molar-refractivity contribution is -0.144. The molecule has 0 amide bonds. The van der Waals surface area contributed by atoms with Gasteiger partial charge in [-0.25, -0.2) is 35.4 Å². The minimum absolute atomic E-state index is 0.0268. The number of aromatic nitrogens is 1. The summed E-state index contributed by atoms with van der Waals surface area (Å²) in [6, 6.07) is 5.10. The van der Waals surface area contributed by atoms with Crippen molar-refractivity contribution in [3.63, 3.8) is 0 Å². The van der Waals surface area contributed by atoms with Crippen LogP contribution in [0.1, 0.15) is 45.4 Å². The van der Waals surface area contributed by atoms with Crippen molar-refractivity contribution in [2.24, 2.45) is 11.3 Å². The van der Waals surface area contributed by atoms with Crippen LogP contribution in [0.4, 0.5) is 42.2 Å². The standard InChI is InChI=1S/C27H27F7N2O5S2/c1-24(29,30)7-6-15-13-36(17-4-2-16(28)3-5-17)21-20(43(39,40)27(15,33)34)10-19(41-14-25(8-9-25)23(37)38)22(35-21)42-18-11-26(31,32)12-18/h2-5,10,15,18H,6-9,11-14H2,1H3,(H,37,38)/t15-/m0/s1. The van der Waals surface area contributed by atoms with Gasteiger partial charge in [0, 0.05) is 42.8 Å². The summed E-state index contributed by atoms with van der Waals surface area (Å²) in [4.78, 5) is 16.0. The number of benzene rings is 1. The Labute approximate surface area is 246 Å². The maximum absolute atomic E-state index is 15.8. The molecule has 236 valence electrons. The van der Waals surface area contributed by atoms with Gasteiger partial charge >= 0.3 is 11.2 Å². The van der Waals surface area contributed by atoms with Crippen LogP contribution in [0.2, 0.25) is 0 Å². The smallest absolute Gasteiger partial charge is 0.354 e. The van der Waals surface area contributed by atoms with Crippen molar-refractivity contribution in [3.05, 3.63) is 36.1 Å². The maximum Gasteiger partial charge on any atom is 0.354 e. The number of ether oxygens (including phenoxy) is 1. The third kappa shape index (κ3) is 6.26. The number of aliphatic carboxylic acids is 1. The zero-order chi connectivity index (χ0) is 31.6. The number of rotatable bonds is 10. The lowest BCUT2D eigenvalue weighted by Gasteiger charge is -2.34. The van der Waals surface area contributed by atoms with Gasteiger partial charge in [-0.15, -0.1) is 0 Å². The number of sulfone groups is 1. The molecule has 7 nitrogen and oxygen atoms in total. The number of fused-ring (bicyclic) bond motifs is 1. The van der Waals surface area contributed by atoms with Crippen LogP contribution < -0.4 is 9.64 Å². The summed E-state index contributed by atoms with van der Waals surface area (Å²) in [6.45, 7) is -0.739. The minimum Gasteiger partial charge on any atom is -0.490 e. The van der Waals surface area contributed by atoms with Crippen LogP contribution in [-0.2, 0) is 14.6 Å². The Morgan fingerprint density at radius 1 is 1.16 bits per heavy atom. The monoisotopic (exact) mass is 656 g/mol. The van der Waals surface area contributed by atoms with Crippen LogP contribution in [0.3, 0.4) is 0 Å². The van der Waals surface area contributed by atoms with Crippen molar-refractivity contribution in [1.82, 2.24) is 4.98 Å². The van der Waals surface area contributed by atoms with Crippen LogP contribution >= 0.6 is 11.8 Å². The van der Waals surface area contributed by atoms with Crippen molar-refractivity contribution in [1.29, 1.82) is 0 Å².